The van der Waals surface area contributed by atoms with Gasteiger partial charge in [0.2, 0.25) is 0 Å². The topological polar surface area (TPSA) is 80.3 Å². The van der Waals surface area contributed by atoms with E-state index in [1.807, 2.05) is 17.6 Å². The number of hydrogen-bond donors (Lipinski definition) is 0. The first-order valence-corrected chi connectivity index (χ1v) is 2.82. The molecular formula is C3H4N2O3S. The van der Waals surface area contributed by atoms with Crippen LogP contribution in [0, 0.1) is 15.3 Å². The second-order valence-electron chi connectivity index (χ2n) is 0.955. The molecule has 5 nitrogen and oxygen atoms in total. The number of hydrogen-bond acceptors (Lipinski definition) is 4. The second-order valence-corrected chi connectivity index (χ2v) is 1.70. The van der Waals surface area contributed by atoms with E-state index in [2.05, 4.69) is 4.37 Å². The van der Waals surface area contributed by atoms with Crippen LogP contribution < -0.4 is 4.37 Å². The summed E-state index contributed by atoms with van der Waals surface area (Å²) < 4.78 is 2.90. The number of nitrogens with zero attached hydrogens (tertiary/aromatic N) is 1. The van der Waals surface area contributed by atoms with E-state index in [4.69, 9.17) is 15.3 Å². The number of aromatic nitrogens is 1. The van der Waals surface area contributed by atoms with E-state index in [0.29, 0.717) is 0 Å². The Morgan fingerprint density at radius 2 is 2.11 bits per heavy atom. The summed E-state index contributed by atoms with van der Waals surface area (Å²) in [4.78, 5) is 8.25. The van der Waals surface area contributed by atoms with E-state index in [9.17, 15) is 0 Å². The molecule has 0 spiro atoms. The van der Waals surface area contributed by atoms with Gasteiger partial charge in [-0.2, -0.15) is 4.37 Å². The van der Waals surface area contributed by atoms with E-state index in [-0.39, 0.29) is 0 Å². The highest BCUT2D eigenvalue weighted by molar-refractivity contribution is 6.99. The van der Waals surface area contributed by atoms with Crippen LogP contribution in [-0.2, 0) is 0 Å². The zero-order valence-electron chi connectivity index (χ0n) is 4.31. The lowest BCUT2D eigenvalue weighted by Crippen LogP contribution is -1.81. The molecule has 0 atom stereocenters. The summed E-state index contributed by atoms with van der Waals surface area (Å²) in [5.41, 5.74) is 0. The lowest BCUT2D eigenvalue weighted by molar-refractivity contribution is -0.402. The molecule has 0 radical (unpaired) electrons. The summed E-state index contributed by atoms with van der Waals surface area (Å²) in [5.74, 6) is 0. The van der Waals surface area contributed by atoms with Crippen LogP contribution >= 0.6 is 11.5 Å². The molecule has 1 aromatic rings. The van der Waals surface area contributed by atoms with Crippen molar-refractivity contribution in [3.05, 3.63) is 33.0 Å². The summed E-state index contributed by atoms with van der Waals surface area (Å²) in [7, 11) is 0. The predicted octanol–water partition coefficient (Wildman–Crippen LogP) is 0.323. The lowest BCUT2D eigenvalue weighted by Gasteiger charge is -1.74. The third kappa shape index (κ3) is 10.9. The maximum absolute atomic E-state index is 8.25. The van der Waals surface area contributed by atoms with Gasteiger partial charge in [0.1, 0.15) is 11.5 Å². The Bertz CT molecular complexity index is 131. The maximum Gasteiger partial charge on any atom is 0.181 e. The zero-order chi connectivity index (χ0) is 7.11. The van der Waals surface area contributed by atoms with Gasteiger partial charge >= 0.3 is 0 Å². The van der Waals surface area contributed by atoms with Gasteiger partial charge in [-0.3, -0.25) is 0 Å². The molecular weight excluding hydrogens is 144 g/mol. The van der Waals surface area contributed by atoms with E-state index in [1.165, 1.54) is 0 Å². The second kappa shape index (κ2) is 4.98. The molecule has 9 heavy (non-hydrogen) atoms. The van der Waals surface area contributed by atoms with Crippen molar-refractivity contribution in [3.8, 4) is 0 Å². The van der Waals surface area contributed by atoms with Gasteiger partial charge in [-0.1, -0.05) is 0 Å². The number of aromatic amines is 1. The molecule has 0 aliphatic carbocycles. The molecule has 0 saturated heterocycles. The molecule has 1 heterocycles. The number of rotatable bonds is 0. The van der Waals surface area contributed by atoms with Crippen LogP contribution in [0.5, 0.6) is 0 Å². The van der Waals surface area contributed by atoms with Gasteiger partial charge < -0.3 is 15.3 Å². The molecule has 0 fully saturated rings. The Morgan fingerprint density at radius 1 is 1.56 bits per heavy atom. The third-order valence-electron chi connectivity index (χ3n) is 0.379. The van der Waals surface area contributed by atoms with E-state index < -0.39 is 5.09 Å². The first-order chi connectivity index (χ1) is 4.23. The fourth-order valence-electron chi connectivity index (χ4n) is 0.196. The number of nitrogens with one attached hydrogen (secondary N) is 1. The minimum Gasteiger partial charge on any atom is -0.356 e. The highest BCUT2D eigenvalue weighted by Crippen LogP contribution is 1.76. The zero-order valence-corrected chi connectivity index (χ0v) is 5.13. The lowest BCUT2D eigenvalue weighted by atomic mass is 10.8. The van der Waals surface area contributed by atoms with Crippen molar-refractivity contribution in [2.75, 3.05) is 0 Å². The summed E-state index contributed by atoms with van der Waals surface area (Å²) in [6.07, 6.45) is 1.89. The fourth-order valence-corrected chi connectivity index (χ4v) is 0.589. The van der Waals surface area contributed by atoms with Crippen molar-refractivity contribution in [3.63, 3.8) is 0 Å². The summed E-state index contributed by atoms with van der Waals surface area (Å²) in [6, 6.07) is 1.96. The van der Waals surface area contributed by atoms with Gasteiger partial charge in [-0.05, 0) is 0 Å². The fraction of sp³-hybridized carbons (Fsp3) is 0. The molecule has 1 aromatic heterocycles. The van der Waals surface area contributed by atoms with Crippen LogP contribution in [-0.4, -0.2) is 5.09 Å². The van der Waals surface area contributed by atoms with Gasteiger partial charge in [0.05, 0.1) is 10.5 Å². The number of H-pyrrole nitrogens is 1. The highest BCUT2D eigenvalue weighted by Gasteiger charge is 1.69. The molecule has 0 saturated carbocycles. The molecule has 0 aliphatic heterocycles. The Morgan fingerprint density at radius 3 is 2.22 bits per heavy atom. The highest BCUT2D eigenvalue weighted by atomic mass is 32.1. The van der Waals surface area contributed by atoms with Crippen molar-refractivity contribution < 1.29 is 9.46 Å². The third-order valence-corrected chi connectivity index (χ3v) is 0.944. The normalized spacial score (nSPS) is 7.11. The first kappa shape index (κ1) is 7.83. The molecule has 1 rings (SSSR count). The van der Waals surface area contributed by atoms with Crippen molar-refractivity contribution in [1.82, 2.24) is 0 Å². The standard InChI is InChI=1S/C3H3NS.NO3/c1-2-4-5-3-1;2-1(3)4/h1-3H;/q;-1/p+1. The molecule has 0 bridgehead atoms. The quantitative estimate of drug-likeness (QED) is 0.392. The van der Waals surface area contributed by atoms with E-state index in [0.717, 1.165) is 0 Å². The molecule has 50 valence electrons. The van der Waals surface area contributed by atoms with Crippen LogP contribution in [0.4, 0.5) is 0 Å². The maximum atomic E-state index is 8.25. The Hall–Kier alpha value is -1.17. The van der Waals surface area contributed by atoms with Gasteiger partial charge in [0.15, 0.2) is 6.20 Å². The van der Waals surface area contributed by atoms with Crippen molar-refractivity contribution in [2.24, 2.45) is 0 Å². The first-order valence-electron chi connectivity index (χ1n) is 1.94. The van der Waals surface area contributed by atoms with Crippen LogP contribution in [0.1, 0.15) is 0 Å². The Kier molecular flexibility index (Phi) is 4.33. The van der Waals surface area contributed by atoms with E-state index >= 15 is 0 Å². The van der Waals surface area contributed by atoms with Gasteiger partial charge in [-0.15, -0.1) is 0 Å². The van der Waals surface area contributed by atoms with Crippen molar-refractivity contribution in [1.29, 1.82) is 0 Å². The largest absolute Gasteiger partial charge is 0.356 e. The minimum absolute atomic E-state index is 1.59. The average molecular weight is 148 g/mol. The monoisotopic (exact) mass is 148 g/mol. The van der Waals surface area contributed by atoms with Crippen molar-refractivity contribution in [2.45, 2.75) is 0 Å². The van der Waals surface area contributed by atoms with Gasteiger partial charge in [-0.25, -0.2) is 0 Å². The predicted molar refractivity (Wildman–Crippen MR) is 31.2 cm³/mol. The Balaban J connectivity index is 0.000000148. The molecule has 0 unspecified atom stereocenters. The van der Waals surface area contributed by atoms with E-state index in [1.54, 1.807) is 11.5 Å². The summed E-state index contributed by atoms with van der Waals surface area (Å²) in [6.45, 7) is 0. The van der Waals surface area contributed by atoms with Crippen LogP contribution in [0.3, 0.4) is 0 Å². The minimum atomic E-state index is -1.75. The van der Waals surface area contributed by atoms with Crippen LogP contribution in [0.2, 0.25) is 0 Å². The molecule has 0 aliphatic rings. The van der Waals surface area contributed by atoms with Gasteiger partial charge in [0.25, 0.3) is 0 Å². The van der Waals surface area contributed by atoms with Crippen molar-refractivity contribution >= 4 is 11.5 Å². The molecule has 1 N–H and O–H groups in total. The molecule has 6 heteroatoms. The molecule has 0 amide bonds. The van der Waals surface area contributed by atoms with Crippen LogP contribution in [0.15, 0.2) is 17.6 Å². The SMILES string of the molecule is O=[N+]([O-])[O-].c1c[nH+]sc1. The molecule has 0 aromatic carbocycles. The summed E-state index contributed by atoms with van der Waals surface area (Å²) >= 11 is 1.59. The smallest absolute Gasteiger partial charge is 0.181 e. The van der Waals surface area contributed by atoms with Gasteiger partial charge in [0, 0.05) is 6.07 Å². The Labute approximate surface area is 54.8 Å². The summed E-state index contributed by atoms with van der Waals surface area (Å²) in [5, 5.41) is 16.7. The average Bonchev–Trinajstić information content (AvgIpc) is 2.11. The van der Waals surface area contributed by atoms with Crippen LogP contribution in [0.25, 0.3) is 0 Å².